The first-order valence-electron chi connectivity index (χ1n) is 7.10. The van der Waals surface area contributed by atoms with Gasteiger partial charge < -0.3 is 15.2 Å². The van der Waals surface area contributed by atoms with E-state index in [2.05, 4.69) is 37.2 Å². The molecule has 9 heteroatoms. The van der Waals surface area contributed by atoms with E-state index in [0.717, 1.165) is 0 Å². The van der Waals surface area contributed by atoms with E-state index in [1.807, 2.05) is 0 Å². The van der Waals surface area contributed by atoms with Crippen LogP contribution >= 0.6 is 31.9 Å². The zero-order chi connectivity index (χ0) is 18.7. The fourth-order valence-electron chi connectivity index (χ4n) is 2.12. The first-order valence-corrected chi connectivity index (χ1v) is 8.69. The molecular formula is C16H14Br2N2O5. The van der Waals surface area contributed by atoms with Crippen molar-refractivity contribution < 1.29 is 19.6 Å². The first kappa shape index (κ1) is 19.2. The van der Waals surface area contributed by atoms with Crippen LogP contribution in [0.25, 0.3) is 0 Å². The predicted octanol–water partition coefficient (Wildman–Crippen LogP) is 5.14. The first-order chi connectivity index (χ1) is 11.7. The molecule has 0 heterocycles. The third-order valence-electron chi connectivity index (χ3n) is 3.55. The molecule has 2 rings (SSSR count). The van der Waals surface area contributed by atoms with E-state index in [-0.39, 0.29) is 11.4 Å². The van der Waals surface area contributed by atoms with Crippen molar-refractivity contribution in [3.63, 3.8) is 0 Å². The number of aliphatic carboxylic acids is 1. The number of ether oxygens (including phenoxy) is 1. The summed E-state index contributed by atoms with van der Waals surface area (Å²) < 4.78 is 6.82. The van der Waals surface area contributed by atoms with Crippen LogP contribution in [-0.4, -0.2) is 23.0 Å². The number of nitrogens with zero attached hydrogens (tertiary/aromatic N) is 1. The Labute approximate surface area is 160 Å². The maximum absolute atomic E-state index is 11.1. The van der Waals surface area contributed by atoms with E-state index >= 15 is 0 Å². The molecule has 2 aromatic rings. The van der Waals surface area contributed by atoms with E-state index in [9.17, 15) is 14.9 Å². The second kappa shape index (κ2) is 7.83. The van der Waals surface area contributed by atoms with Gasteiger partial charge in [0.15, 0.2) is 5.75 Å². The molecule has 0 radical (unpaired) electrons. The summed E-state index contributed by atoms with van der Waals surface area (Å²) in [6, 6.07) is 7.77. The number of anilines is 1. The third kappa shape index (κ3) is 4.29. The lowest BCUT2D eigenvalue weighted by molar-refractivity contribution is -0.384. The molecular weight excluding hydrogens is 460 g/mol. The lowest BCUT2D eigenvalue weighted by Crippen LogP contribution is -2.07. The van der Waals surface area contributed by atoms with Crippen LogP contribution in [-0.2, 0) is 4.79 Å². The maximum atomic E-state index is 11.1. The lowest BCUT2D eigenvalue weighted by Gasteiger charge is -2.14. The average Bonchev–Trinajstić information content (AvgIpc) is 2.56. The molecule has 2 aromatic carbocycles. The van der Waals surface area contributed by atoms with Gasteiger partial charge in [-0.15, -0.1) is 0 Å². The average molecular weight is 474 g/mol. The molecule has 1 atom stereocenters. The minimum Gasteiger partial charge on any atom is -0.481 e. The number of nitro benzene ring substituents is 1. The molecule has 0 fully saturated rings. The Kier molecular flexibility index (Phi) is 6.02. The molecule has 0 amide bonds. The van der Waals surface area contributed by atoms with Gasteiger partial charge in [-0.25, -0.2) is 0 Å². The molecule has 132 valence electrons. The largest absolute Gasteiger partial charge is 0.481 e. The smallest absolute Gasteiger partial charge is 0.310 e. The van der Waals surface area contributed by atoms with Crippen LogP contribution in [0.5, 0.6) is 11.5 Å². The second-order valence-corrected chi connectivity index (χ2v) is 6.87. The number of hydrogen-bond acceptors (Lipinski definition) is 5. The summed E-state index contributed by atoms with van der Waals surface area (Å²) >= 11 is 6.71. The summed E-state index contributed by atoms with van der Waals surface area (Å²) in [6.45, 7) is 1.58. The highest BCUT2D eigenvalue weighted by atomic mass is 79.9. The maximum Gasteiger partial charge on any atom is 0.310 e. The highest BCUT2D eigenvalue weighted by Gasteiger charge is 2.19. The monoisotopic (exact) mass is 472 g/mol. The quantitative estimate of drug-likeness (QED) is 0.444. The molecule has 2 N–H and O–H groups in total. The molecule has 1 unspecified atom stereocenters. The Morgan fingerprint density at radius 2 is 1.88 bits per heavy atom. The van der Waals surface area contributed by atoms with Crippen LogP contribution in [0.3, 0.4) is 0 Å². The number of nitrogens with one attached hydrogen (secondary N) is 1. The second-order valence-electron chi connectivity index (χ2n) is 5.16. The summed E-state index contributed by atoms with van der Waals surface area (Å²) in [4.78, 5) is 21.8. The highest BCUT2D eigenvalue weighted by molar-refractivity contribution is 9.11. The minimum atomic E-state index is -0.939. The van der Waals surface area contributed by atoms with Gasteiger partial charge in [0.05, 0.1) is 25.9 Å². The Morgan fingerprint density at radius 1 is 1.28 bits per heavy atom. The van der Waals surface area contributed by atoms with E-state index in [1.54, 1.807) is 38.2 Å². The van der Waals surface area contributed by atoms with Crippen molar-refractivity contribution in [2.45, 2.75) is 12.8 Å². The van der Waals surface area contributed by atoms with Gasteiger partial charge in [-0.05, 0) is 68.6 Å². The van der Waals surface area contributed by atoms with Crippen LogP contribution in [0, 0.1) is 10.1 Å². The molecule has 7 nitrogen and oxygen atoms in total. The number of carboxylic acids is 1. The molecule has 0 aliphatic carbocycles. The van der Waals surface area contributed by atoms with Gasteiger partial charge in [-0.3, -0.25) is 14.9 Å². The van der Waals surface area contributed by atoms with Crippen molar-refractivity contribution in [3.8, 4) is 11.5 Å². The van der Waals surface area contributed by atoms with E-state index < -0.39 is 16.8 Å². The zero-order valence-electron chi connectivity index (χ0n) is 13.2. The summed E-state index contributed by atoms with van der Waals surface area (Å²) in [6.07, 6.45) is 0. The molecule has 0 spiro atoms. The van der Waals surface area contributed by atoms with Gasteiger partial charge in [-0.1, -0.05) is 0 Å². The number of hydrogen-bond donors (Lipinski definition) is 2. The van der Waals surface area contributed by atoms with Gasteiger partial charge in [0.2, 0.25) is 0 Å². The third-order valence-corrected chi connectivity index (χ3v) is 4.72. The van der Waals surface area contributed by atoms with Gasteiger partial charge in [0.25, 0.3) is 5.69 Å². The molecule has 25 heavy (non-hydrogen) atoms. The molecule has 0 saturated heterocycles. The topological polar surface area (TPSA) is 102 Å². The number of carboxylic acid groups (broad SMARTS) is 1. The number of halogens is 2. The van der Waals surface area contributed by atoms with Gasteiger partial charge in [0, 0.05) is 7.05 Å². The Morgan fingerprint density at radius 3 is 2.36 bits per heavy atom. The van der Waals surface area contributed by atoms with Crippen molar-refractivity contribution in [2.24, 2.45) is 0 Å². The number of rotatable bonds is 6. The summed E-state index contributed by atoms with van der Waals surface area (Å²) in [5.74, 6) is -0.942. The summed E-state index contributed by atoms with van der Waals surface area (Å²) in [7, 11) is 1.60. The van der Waals surface area contributed by atoms with Crippen LogP contribution in [0.4, 0.5) is 11.4 Å². The van der Waals surface area contributed by atoms with Gasteiger partial charge in [-0.2, -0.15) is 0 Å². The molecule has 0 aliphatic heterocycles. The summed E-state index contributed by atoms with van der Waals surface area (Å²) in [5, 5.41) is 23.0. The van der Waals surface area contributed by atoms with Crippen LogP contribution < -0.4 is 10.1 Å². The van der Waals surface area contributed by atoms with Crippen molar-refractivity contribution in [1.29, 1.82) is 0 Å². The van der Waals surface area contributed by atoms with Gasteiger partial charge >= 0.3 is 5.97 Å². The zero-order valence-corrected chi connectivity index (χ0v) is 16.4. The molecule has 0 bridgehead atoms. The standard InChI is InChI=1S/C16H14Br2N2O5/c1-8(16(21)22)9-5-11(17)15(12(18)6-9)25-10-3-4-13(19-2)14(7-10)20(23)24/h3-8,19H,1-2H3,(H,21,22). The molecule has 0 aromatic heterocycles. The van der Waals surface area contributed by atoms with Gasteiger partial charge in [0.1, 0.15) is 11.4 Å². The fourth-order valence-corrected chi connectivity index (χ4v) is 3.51. The number of nitro groups is 1. The van der Waals surface area contributed by atoms with Crippen molar-refractivity contribution in [2.75, 3.05) is 12.4 Å². The molecule has 0 saturated carbocycles. The van der Waals surface area contributed by atoms with Crippen molar-refractivity contribution in [3.05, 3.63) is 55.0 Å². The van der Waals surface area contributed by atoms with Crippen molar-refractivity contribution in [1.82, 2.24) is 0 Å². The predicted molar refractivity (Wildman–Crippen MR) is 101 cm³/mol. The van der Waals surface area contributed by atoms with Crippen LogP contribution in [0.2, 0.25) is 0 Å². The normalized spacial score (nSPS) is 11.7. The van der Waals surface area contributed by atoms with Crippen LogP contribution in [0.15, 0.2) is 39.3 Å². The Balaban J connectivity index is 2.39. The SMILES string of the molecule is CNc1ccc(Oc2c(Br)cc(C(C)C(=O)O)cc2Br)cc1[N+](=O)[O-]. The highest BCUT2D eigenvalue weighted by Crippen LogP contribution is 2.40. The lowest BCUT2D eigenvalue weighted by atomic mass is 10.0. The Bertz CT molecular complexity index is 818. The summed E-state index contributed by atoms with van der Waals surface area (Å²) in [5.41, 5.74) is 0.861. The van der Waals surface area contributed by atoms with Crippen molar-refractivity contribution >= 4 is 49.2 Å². The minimum absolute atomic E-state index is 0.108. The number of carbonyl (C=O) groups is 1. The van der Waals surface area contributed by atoms with E-state index in [4.69, 9.17) is 9.84 Å². The molecule has 0 aliphatic rings. The van der Waals surface area contributed by atoms with E-state index in [0.29, 0.717) is 25.9 Å². The fraction of sp³-hybridized carbons (Fsp3) is 0.188. The van der Waals surface area contributed by atoms with Crippen LogP contribution in [0.1, 0.15) is 18.4 Å². The Hall–Kier alpha value is -2.13. The number of benzene rings is 2. The van der Waals surface area contributed by atoms with E-state index in [1.165, 1.54) is 6.07 Å².